The molecule has 0 heterocycles. The predicted molar refractivity (Wildman–Crippen MR) is 72.3 cm³/mol. The zero-order valence-corrected chi connectivity index (χ0v) is 12.3. The molecule has 1 rings (SSSR count). The lowest BCUT2D eigenvalue weighted by Gasteiger charge is -1.99. The molecule has 1 fully saturated rings. The van der Waals surface area contributed by atoms with Crippen molar-refractivity contribution in [2.75, 3.05) is 6.61 Å². The molecule has 15 heavy (non-hydrogen) atoms. The van der Waals surface area contributed by atoms with Crippen molar-refractivity contribution in [3.8, 4) is 0 Å². The lowest BCUT2D eigenvalue weighted by molar-refractivity contribution is 0.282. The first-order valence-corrected chi connectivity index (χ1v) is 7.44. The van der Waals surface area contributed by atoms with E-state index in [1.807, 2.05) is 0 Å². The molecule has 0 amide bonds. The van der Waals surface area contributed by atoms with Crippen molar-refractivity contribution in [3.05, 3.63) is 9.47 Å². The second-order valence-electron chi connectivity index (χ2n) is 4.40. The van der Waals surface area contributed by atoms with Crippen LogP contribution < -0.4 is 0 Å². The van der Waals surface area contributed by atoms with E-state index >= 15 is 0 Å². The topological polar surface area (TPSA) is 20.2 Å². The largest absolute Gasteiger partial charge is 0.396 e. The molecule has 1 aliphatic rings. The number of hydrogen-bond acceptors (Lipinski definition) is 1. The van der Waals surface area contributed by atoms with E-state index < -0.39 is 0 Å². The first kappa shape index (κ1) is 13.7. The fourth-order valence-electron chi connectivity index (χ4n) is 2.12. The van der Waals surface area contributed by atoms with Crippen LogP contribution in [0.2, 0.25) is 0 Å². The van der Waals surface area contributed by atoms with Gasteiger partial charge in [-0.3, -0.25) is 0 Å². The summed E-state index contributed by atoms with van der Waals surface area (Å²) in [6.07, 6.45) is 11.0. The lowest BCUT2D eigenvalue weighted by atomic mass is 10.1. The van der Waals surface area contributed by atoms with Crippen LogP contribution >= 0.6 is 31.9 Å². The SMILES string of the molecule is OCCCCC[C@@H]1C[C@H]1CCC=C(Br)Br. The van der Waals surface area contributed by atoms with Gasteiger partial charge in [-0.15, -0.1) is 0 Å². The van der Waals surface area contributed by atoms with E-state index in [0.717, 1.165) is 21.6 Å². The van der Waals surface area contributed by atoms with E-state index in [9.17, 15) is 0 Å². The van der Waals surface area contributed by atoms with Crippen LogP contribution in [0.3, 0.4) is 0 Å². The Labute approximate surface area is 110 Å². The number of aliphatic hydroxyl groups excluding tert-OH is 1. The van der Waals surface area contributed by atoms with Crippen molar-refractivity contribution in [1.29, 1.82) is 0 Å². The van der Waals surface area contributed by atoms with Crippen LogP contribution in [0.4, 0.5) is 0 Å². The second-order valence-corrected chi connectivity index (χ2v) is 7.17. The van der Waals surface area contributed by atoms with Crippen LogP contribution in [0.5, 0.6) is 0 Å². The van der Waals surface area contributed by atoms with Gasteiger partial charge >= 0.3 is 0 Å². The van der Waals surface area contributed by atoms with Crippen LogP contribution in [-0.4, -0.2) is 11.7 Å². The molecule has 1 nitrogen and oxygen atoms in total. The normalized spacial score (nSPS) is 23.9. The molecule has 0 unspecified atom stereocenters. The van der Waals surface area contributed by atoms with Crippen molar-refractivity contribution >= 4 is 31.9 Å². The Hall–Kier alpha value is 0.660. The van der Waals surface area contributed by atoms with E-state index in [1.54, 1.807) is 0 Å². The van der Waals surface area contributed by atoms with Crippen LogP contribution in [-0.2, 0) is 0 Å². The van der Waals surface area contributed by atoms with E-state index in [4.69, 9.17) is 5.11 Å². The van der Waals surface area contributed by atoms with Gasteiger partial charge in [0.05, 0.1) is 3.39 Å². The molecule has 0 spiro atoms. The number of rotatable bonds is 8. The van der Waals surface area contributed by atoms with E-state index in [0.29, 0.717) is 6.61 Å². The summed E-state index contributed by atoms with van der Waals surface area (Å²) in [6, 6.07) is 0. The summed E-state index contributed by atoms with van der Waals surface area (Å²) in [7, 11) is 0. The number of aliphatic hydroxyl groups is 1. The molecule has 2 atom stereocenters. The fourth-order valence-corrected chi connectivity index (χ4v) is 2.58. The summed E-state index contributed by atoms with van der Waals surface area (Å²) in [5, 5.41) is 8.65. The van der Waals surface area contributed by atoms with Crippen LogP contribution in [0.1, 0.15) is 44.9 Å². The van der Waals surface area contributed by atoms with Gasteiger partial charge in [-0.2, -0.15) is 0 Å². The van der Waals surface area contributed by atoms with Crippen molar-refractivity contribution < 1.29 is 5.11 Å². The first-order valence-electron chi connectivity index (χ1n) is 5.86. The summed E-state index contributed by atoms with van der Waals surface area (Å²) >= 11 is 6.75. The van der Waals surface area contributed by atoms with E-state index in [-0.39, 0.29) is 0 Å². The number of unbranched alkanes of at least 4 members (excludes halogenated alkanes) is 2. The molecule has 0 saturated heterocycles. The Balaban J connectivity index is 1.91. The molecule has 0 radical (unpaired) electrons. The molecular formula is C12H20Br2O. The smallest absolute Gasteiger partial charge is 0.0564 e. The van der Waals surface area contributed by atoms with Gasteiger partial charge in [0.2, 0.25) is 0 Å². The first-order chi connectivity index (χ1) is 7.24. The maximum absolute atomic E-state index is 8.65. The average molecular weight is 340 g/mol. The number of halogens is 2. The van der Waals surface area contributed by atoms with Crippen LogP contribution in [0.25, 0.3) is 0 Å². The van der Waals surface area contributed by atoms with Gasteiger partial charge in [-0.1, -0.05) is 25.3 Å². The summed E-state index contributed by atoms with van der Waals surface area (Å²) < 4.78 is 1.08. The molecule has 0 bridgehead atoms. The van der Waals surface area contributed by atoms with Crippen molar-refractivity contribution in [2.45, 2.75) is 44.9 Å². The Kier molecular flexibility index (Phi) is 7.19. The molecule has 1 N–H and O–H groups in total. The zero-order chi connectivity index (χ0) is 11.1. The summed E-state index contributed by atoms with van der Waals surface area (Å²) in [6.45, 7) is 0.359. The highest BCUT2D eigenvalue weighted by Crippen LogP contribution is 2.45. The van der Waals surface area contributed by atoms with Gasteiger partial charge < -0.3 is 5.11 Å². The van der Waals surface area contributed by atoms with E-state index in [1.165, 1.54) is 38.5 Å². The molecule has 88 valence electrons. The third-order valence-corrected chi connectivity index (χ3v) is 3.79. The highest BCUT2D eigenvalue weighted by atomic mass is 79.9. The highest BCUT2D eigenvalue weighted by molar-refractivity contribution is 9.28. The van der Waals surface area contributed by atoms with Crippen molar-refractivity contribution in [2.24, 2.45) is 11.8 Å². The Morgan fingerprint density at radius 2 is 1.87 bits per heavy atom. The van der Waals surface area contributed by atoms with E-state index in [2.05, 4.69) is 37.9 Å². The number of allylic oxidation sites excluding steroid dienone is 1. The van der Waals surface area contributed by atoms with Crippen molar-refractivity contribution in [3.63, 3.8) is 0 Å². The Bertz CT molecular complexity index is 200. The van der Waals surface area contributed by atoms with Gasteiger partial charge in [0.25, 0.3) is 0 Å². The van der Waals surface area contributed by atoms with Gasteiger partial charge in [0.1, 0.15) is 0 Å². The van der Waals surface area contributed by atoms with Crippen LogP contribution in [0, 0.1) is 11.8 Å². The molecule has 3 heteroatoms. The quantitative estimate of drug-likeness (QED) is 0.641. The highest BCUT2D eigenvalue weighted by Gasteiger charge is 2.34. The minimum Gasteiger partial charge on any atom is -0.396 e. The summed E-state index contributed by atoms with van der Waals surface area (Å²) in [5.41, 5.74) is 0. The van der Waals surface area contributed by atoms with Gasteiger partial charge in [0, 0.05) is 6.61 Å². The zero-order valence-electron chi connectivity index (χ0n) is 9.09. The second kappa shape index (κ2) is 7.86. The Morgan fingerprint density at radius 3 is 2.53 bits per heavy atom. The summed E-state index contributed by atoms with van der Waals surface area (Å²) in [5.74, 6) is 1.97. The Morgan fingerprint density at radius 1 is 1.13 bits per heavy atom. The maximum atomic E-state index is 8.65. The fraction of sp³-hybridized carbons (Fsp3) is 0.833. The monoisotopic (exact) mass is 338 g/mol. The molecular weight excluding hydrogens is 320 g/mol. The average Bonchev–Trinajstić information content (AvgIpc) is 2.91. The minimum absolute atomic E-state index is 0.359. The molecule has 0 aromatic rings. The molecule has 0 aromatic carbocycles. The number of hydrogen-bond donors (Lipinski definition) is 1. The minimum atomic E-state index is 0.359. The van der Waals surface area contributed by atoms with Gasteiger partial charge in [0.15, 0.2) is 0 Å². The molecule has 1 saturated carbocycles. The standard InChI is InChI=1S/C12H20Br2O/c13-12(14)7-4-6-11-9-10(11)5-2-1-3-8-15/h7,10-11,15H,1-6,8-9H2/t10-,11-/m1/s1. The summed E-state index contributed by atoms with van der Waals surface area (Å²) in [4.78, 5) is 0. The molecule has 0 aromatic heterocycles. The van der Waals surface area contributed by atoms with Gasteiger partial charge in [-0.05, 0) is 69.4 Å². The lowest BCUT2D eigenvalue weighted by Crippen LogP contribution is -1.86. The molecule has 0 aliphatic heterocycles. The van der Waals surface area contributed by atoms with Crippen LogP contribution in [0.15, 0.2) is 9.47 Å². The van der Waals surface area contributed by atoms with Crippen molar-refractivity contribution in [1.82, 2.24) is 0 Å². The third-order valence-electron chi connectivity index (χ3n) is 3.14. The maximum Gasteiger partial charge on any atom is 0.0564 e. The molecule has 1 aliphatic carbocycles. The third kappa shape index (κ3) is 6.75. The van der Waals surface area contributed by atoms with Gasteiger partial charge in [-0.25, -0.2) is 0 Å². The predicted octanol–water partition coefficient (Wildman–Crippen LogP) is 4.59.